The van der Waals surface area contributed by atoms with Gasteiger partial charge in [0.2, 0.25) is 5.91 Å². The number of halogens is 1. The normalized spacial score (nSPS) is 26.9. The molecular weight excluding hydrogens is 319 g/mol. The number of amides is 1. The molecule has 0 aliphatic carbocycles. The molecule has 136 valence electrons. The largest absolute Gasteiger partial charge is 0.381 e. The summed E-state index contributed by atoms with van der Waals surface area (Å²) in [6.07, 6.45) is 5.10. The predicted molar refractivity (Wildman–Crippen MR) is 93.9 cm³/mol. The molecule has 4 rings (SSSR count). The van der Waals surface area contributed by atoms with Crippen LogP contribution in [0.2, 0.25) is 0 Å². The number of hydrogen-bond acceptors (Lipinski definition) is 3. The Kier molecular flexibility index (Phi) is 4.78. The van der Waals surface area contributed by atoms with Gasteiger partial charge in [-0.15, -0.1) is 0 Å². The fourth-order valence-electron chi connectivity index (χ4n) is 4.76. The lowest BCUT2D eigenvalue weighted by Gasteiger charge is -2.47. The molecule has 0 bridgehead atoms. The van der Waals surface area contributed by atoms with E-state index in [4.69, 9.17) is 4.74 Å². The number of carbonyl (C=O) groups excluding carboxylic acids is 1. The van der Waals surface area contributed by atoms with Crippen LogP contribution < -0.4 is 0 Å². The van der Waals surface area contributed by atoms with Crippen LogP contribution >= 0.6 is 0 Å². The number of ether oxygens (including phenoxy) is 1. The van der Waals surface area contributed by atoms with E-state index in [0.717, 1.165) is 25.2 Å². The van der Waals surface area contributed by atoms with Crippen LogP contribution in [0.25, 0.3) is 0 Å². The van der Waals surface area contributed by atoms with Crippen molar-refractivity contribution in [3.05, 3.63) is 35.6 Å². The zero-order valence-corrected chi connectivity index (χ0v) is 14.8. The van der Waals surface area contributed by atoms with E-state index in [2.05, 4.69) is 9.80 Å². The molecule has 0 unspecified atom stereocenters. The number of piperidine rings is 1. The van der Waals surface area contributed by atoms with Gasteiger partial charge in [-0.25, -0.2) is 4.39 Å². The molecule has 1 atom stereocenters. The van der Waals surface area contributed by atoms with E-state index in [1.54, 1.807) is 12.1 Å². The monoisotopic (exact) mass is 346 g/mol. The molecular formula is C20H27FN2O2. The first kappa shape index (κ1) is 17.0. The van der Waals surface area contributed by atoms with Crippen molar-refractivity contribution in [2.45, 2.75) is 43.6 Å². The molecule has 25 heavy (non-hydrogen) atoms. The van der Waals surface area contributed by atoms with Crippen LogP contribution in [0.1, 0.15) is 37.7 Å². The fourth-order valence-corrected chi connectivity index (χ4v) is 4.76. The van der Waals surface area contributed by atoms with Gasteiger partial charge in [0.25, 0.3) is 0 Å². The molecule has 1 amide bonds. The second-order valence-corrected chi connectivity index (χ2v) is 7.64. The van der Waals surface area contributed by atoms with Crippen molar-refractivity contribution in [2.75, 3.05) is 39.4 Å². The molecule has 1 aromatic carbocycles. The van der Waals surface area contributed by atoms with E-state index >= 15 is 0 Å². The lowest BCUT2D eigenvalue weighted by atomic mass is 9.72. The Morgan fingerprint density at radius 2 is 1.84 bits per heavy atom. The summed E-state index contributed by atoms with van der Waals surface area (Å²) in [4.78, 5) is 18.2. The Hall–Kier alpha value is -1.46. The van der Waals surface area contributed by atoms with Crippen molar-refractivity contribution >= 4 is 5.91 Å². The van der Waals surface area contributed by atoms with Gasteiger partial charge in [0.15, 0.2) is 0 Å². The summed E-state index contributed by atoms with van der Waals surface area (Å²) < 4.78 is 18.9. The third-order valence-electron chi connectivity index (χ3n) is 6.28. The van der Waals surface area contributed by atoms with Gasteiger partial charge >= 0.3 is 0 Å². The summed E-state index contributed by atoms with van der Waals surface area (Å²) in [5, 5.41) is 0. The second kappa shape index (κ2) is 7.04. The lowest BCUT2D eigenvalue weighted by molar-refractivity contribution is -0.145. The average Bonchev–Trinajstić information content (AvgIpc) is 2.68. The number of fused-ring (bicyclic) bond motifs is 1. The number of rotatable bonds is 2. The minimum Gasteiger partial charge on any atom is -0.381 e. The molecule has 3 saturated heterocycles. The molecule has 3 aliphatic rings. The zero-order chi connectivity index (χ0) is 17.3. The molecule has 3 aliphatic heterocycles. The van der Waals surface area contributed by atoms with Gasteiger partial charge in [-0.3, -0.25) is 9.69 Å². The van der Waals surface area contributed by atoms with Gasteiger partial charge in [0.05, 0.1) is 5.41 Å². The van der Waals surface area contributed by atoms with Crippen molar-refractivity contribution in [2.24, 2.45) is 0 Å². The molecule has 0 radical (unpaired) electrons. The fraction of sp³-hybridized carbons (Fsp3) is 0.650. The Labute approximate surface area is 148 Å². The van der Waals surface area contributed by atoms with Crippen LogP contribution in [-0.4, -0.2) is 61.1 Å². The molecule has 3 heterocycles. The van der Waals surface area contributed by atoms with Crippen molar-refractivity contribution in [1.29, 1.82) is 0 Å². The van der Waals surface area contributed by atoms with Gasteiger partial charge in [-0.1, -0.05) is 18.6 Å². The summed E-state index contributed by atoms with van der Waals surface area (Å²) in [6, 6.07) is 7.03. The molecule has 0 saturated carbocycles. The molecule has 1 aromatic rings. The maximum atomic E-state index is 13.6. The average molecular weight is 346 g/mol. The van der Waals surface area contributed by atoms with Crippen LogP contribution in [0.4, 0.5) is 4.39 Å². The van der Waals surface area contributed by atoms with Crippen LogP contribution in [0.15, 0.2) is 24.3 Å². The molecule has 0 aromatic heterocycles. The smallest absolute Gasteiger partial charge is 0.233 e. The third-order valence-corrected chi connectivity index (χ3v) is 6.28. The Morgan fingerprint density at radius 1 is 1.08 bits per heavy atom. The minimum atomic E-state index is -0.553. The van der Waals surface area contributed by atoms with Gasteiger partial charge < -0.3 is 9.64 Å². The second-order valence-electron chi connectivity index (χ2n) is 7.64. The standard InChI is InChI=1S/C20H27FN2O2/c21-17-6-4-16(5-7-17)20(8-13-25-14-9-20)19(24)23-12-11-22-10-2-1-3-18(22)15-23/h4-7,18H,1-3,8-15H2/t18-/m0/s1. The highest BCUT2D eigenvalue weighted by Crippen LogP contribution is 2.38. The number of piperazine rings is 1. The quantitative estimate of drug-likeness (QED) is 0.825. The van der Waals surface area contributed by atoms with E-state index < -0.39 is 5.41 Å². The number of hydrogen-bond donors (Lipinski definition) is 0. The molecule has 3 fully saturated rings. The topological polar surface area (TPSA) is 32.8 Å². The van der Waals surface area contributed by atoms with Gasteiger partial charge in [-0.2, -0.15) is 0 Å². The first-order chi connectivity index (χ1) is 12.2. The first-order valence-corrected chi connectivity index (χ1v) is 9.56. The predicted octanol–water partition coefficient (Wildman–Crippen LogP) is 2.57. The SMILES string of the molecule is O=C(N1CCN2CCCC[C@H]2C1)C1(c2ccc(F)cc2)CCOCC1. The highest BCUT2D eigenvalue weighted by atomic mass is 19.1. The summed E-state index contributed by atoms with van der Waals surface area (Å²) in [6.45, 7) is 4.97. The Balaban J connectivity index is 1.58. The van der Waals surface area contributed by atoms with E-state index in [1.807, 2.05) is 0 Å². The zero-order valence-electron chi connectivity index (χ0n) is 14.8. The number of benzene rings is 1. The van der Waals surface area contributed by atoms with Crippen LogP contribution in [0.3, 0.4) is 0 Å². The molecule has 4 nitrogen and oxygen atoms in total. The first-order valence-electron chi connectivity index (χ1n) is 9.56. The van der Waals surface area contributed by atoms with Crippen LogP contribution in [0, 0.1) is 5.82 Å². The van der Waals surface area contributed by atoms with E-state index in [1.165, 1.54) is 37.9 Å². The summed E-state index contributed by atoms with van der Waals surface area (Å²) in [7, 11) is 0. The van der Waals surface area contributed by atoms with Crippen molar-refractivity contribution < 1.29 is 13.9 Å². The van der Waals surface area contributed by atoms with Gasteiger partial charge in [0.1, 0.15) is 5.82 Å². The number of carbonyl (C=O) groups is 1. The van der Waals surface area contributed by atoms with Crippen molar-refractivity contribution in [3.8, 4) is 0 Å². The maximum absolute atomic E-state index is 13.6. The van der Waals surface area contributed by atoms with Crippen molar-refractivity contribution in [3.63, 3.8) is 0 Å². The van der Waals surface area contributed by atoms with Gasteiger partial charge in [0, 0.05) is 38.9 Å². The third kappa shape index (κ3) is 3.20. The Bertz CT molecular complexity index is 613. The lowest BCUT2D eigenvalue weighted by Crippen LogP contribution is -2.60. The minimum absolute atomic E-state index is 0.215. The van der Waals surface area contributed by atoms with Gasteiger partial charge in [-0.05, 0) is 49.9 Å². The molecule has 5 heteroatoms. The maximum Gasteiger partial charge on any atom is 0.233 e. The summed E-state index contributed by atoms with van der Waals surface area (Å²) >= 11 is 0. The van der Waals surface area contributed by atoms with Crippen LogP contribution in [-0.2, 0) is 14.9 Å². The van der Waals surface area contributed by atoms with E-state index in [9.17, 15) is 9.18 Å². The highest BCUT2D eigenvalue weighted by molar-refractivity contribution is 5.88. The van der Waals surface area contributed by atoms with Crippen molar-refractivity contribution in [1.82, 2.24) is 9.80 Å². The Morgan fingerprint density at radius 3 is 2.60 bits per heavy atom. The van der Waals surface area contributed by atoms with E-state index in [-0.39, 0.29) is 11.7 Å². The molecule has 0 N–H and O–H groups in total. The van der Waals surface area contributed by atoms with Crippen LogP contribution in [0.5, 0.6) is 0 Å². The summed E-state index contributed by atoms with van der Waals surface area (Å²) in [5.74, 6) is -0.0399. The van der Waals surface area contributed by atoms with E-state index in [0.29, 0.717) is 32.1 Å². The highest BCUT2D eigenvalue weighted by Gasteiger charge is 2.45. The molecule has 0 spiro atoms. The number of nitrogens with zero attached hydrogens (tertiary/aromatic N) is 2. The summed E-state index contributed by atoms with van der Waals surface area (Å²) in [5.41, 5.74) is 0.385.